The molecule has 1 atom stereocenters. The summed E-state index contributed by atoms with van der Waals surface area (Å²) in [6, 6.07) is 4.34. The first kappa shape index (κ1) is 14.9. The van der Waals surface area contributed by atoms with Gasteiger partial charge in [0.05, 0.1) is 36.5 Å². The second kappa shape index (κ2) is 5.75. The summed E-state index contributed by atoms with van der Waals surface area (Å²) in [5, 5.41) is 12.7. The summed E-state index contributed by atoms with van der Waals surface area (Å²) in [4.78, 5) is 7.20. The minimum absolute atomic E-state index is 0.314. The molecule has 120 valence electrons. The van der Waals surface area contributed by atoms with Gasteiger partial charge in [0.25, 0.3) is 0 Å². The van der Waals surface area contributed by atoms with E-state index in [1.54, 1.807) is 6.20 Å². The van der Waals surface area contributed by atoms with Crippen LogP contribution >= 0.6 is 22.6 Å². The number of H-pyrrole nitrogens is 1. The molecule has 0 spiro atoms. The summed E-state index contributed by atoms with van der Waals surface area (Å²) in [6.07, 6.45) is 1.72. The van der Waals surface area contributed by atoms with Crippen molar-refractivity contribution in [2.45, 2.75) is 19.9 Å². The lowest BCUT2D eigenvalue weighted by Gasteiger charge is -2.34. The standard InChI is InChI=1S/C15H17IN6O/c1-9-8-23-6-5-21(9)13-7-11(16)14-10(2)20-22(15(14)18-13)12-3-4-17-19-12/h3-4,7,9H,5-6,8H2,1-2H3,(H,17,19)/t9-/m1/s1. The average Bonchev–Trinajstić information content (AvgIpc) is 3.16. The van der Waals surface area contributed by atoms with E-state index in [1.165, 1.54) is 0 Å². The highest BCUT2D eigenvalue weighted by molar-refractivity contribution is 14.1. The van der Waals surface area contributed by atoms with Gasteiger partial charge in [-0.2, -0.15) is 14.9 Å². The van der Waals surface area contributed by atoms with Gasteiger partial charge >= 0.3 is 0 Å². The number of aromatic nitrogens is 5. The van der Waals surface area contributed by atoms with Crippen LogP contribution in [0.25, 0.3) is 16.9 Å². The molecule has 0 bridgehead atoms. The Morgan fingerprint density at radius 2 is 2.30 bits per heavy atom. The monoisotopic (exact) mass is 424 g/mol. The van der Waals surface area contributed by atoms with Gasteiger partial charge in [0, 0.05) is 16.2 Å². The van der Waals surface area contributed by atoms with Crippen molar-refractivity contribution in [1.82, 2.24) is 25.0 Å². The van der Waals surface area contributed by atoms with Gasteiger partial charge in [-0.15, -0.1) is 0 Å². The molecule has 0 saturated carbocycles. The molecule has 0 aromatic carbocycles. The fourth-order valence-electron chi connectivity index (χ4n) is 2.97. The summed E-state index contributed by atoms with van der Waals surface area (Å²) in [5.41, 5.74) is 1.82. The molecule has 1 fully saturated rings. The van der Waals surface area contributed by atoms with Crippen molar-refractivity contribution in [1.29, 1.82) is 0 Å². The SMILES string of the molecule is Cc1nn(-c2ccn[nH]2)c2nc(N3CCOC[C@H]3C)cc(I)c12. The second-order valence-corrected chi connectivity index (χ2v) is 6.88. The van der Waals surface area contributed by atoms with E-state index in [0.29, 0.717) is 6.04 Å². The van der Waals surface area contributed by atoms with Crippen molar-refractivity contribution in [3.63, 3.8) is 0 Å². The van der Waals surface area contributed by atoms with Gasteiger partial charge in [-0.1, -0.05) is 0 Å². The lowest BCUT2D eigenvalue weighted by atomic mass is 10.2. The largest absolute Gasteiger partial charge is 0.377 e. The molecule has 0 aliphatic carbocycles. The first-order valence-electron chi connectivity index (χ1n) is 7.55. The van der Waals surface area contributed by atoms with Gasteiger partial charge in [0.2, 0.25) is 0 Å². The van der Waals surface area contributed by atoms with Crippen molar-refractivity contribution < 1.29 is 4.74 Å². The smallest absolute Gasteiger partial charge is 0.168 e. The third kappa shape index (κ3) is 2.49. The van der Waals surface area contributed by atoms with Gasteiger partial charge in [0.15, 0.2) is 11.5 Å². The van der Waals surface area contributed by atoms with Gasteiger partial charge in [-0.3, -0.25) is 5.10 Å². The molecule has 0 radical (unpaired) electrons. The second-order valence-electron chi connectivity index (χ2n) is 5.72. The number of hydrogen-bond acceptors (Lipinski definition) is 5. The van der Waals surface area contributed by atoms with E-state index in [2.05, 4.69) is 55.8 Å². The molecule has 4 heterocycles. The van der Waals surface area contributed by atoms with Crippen molar-refractivity contribution in [2.24, 2.45) is 0 Å². The summed E-state index contributed by atoms with van der Waals surface area (Å²) < 4.78 is 8.52. The molecule has 23 heavy (non-hydrogen) atoms. The molecule has 7 nitrogen and oxygen atoms in total. The van der Waals surface area contributed by atoms with Gasteiger partial charge in [0.1, 0.15) is 5.82 Å². The predicted octanol–water partition coefficient (Wildman–Crippen LogP) is 2.28. The van der Waals surface area contributed by atoms with Crippen LogP contribution in [0.2, 0.25) is 0 Å². The fourth-order valence-corrected chi connectivity index (χ4v) is 3.88. The summed E-state index contributed by atoms with van der Waals surface area (Å²) in [6.45, 7) is 6.49. The number of nitrogens with one attached hydrogen (secondary N) is 1. The third-order valence-corrected chi connectivity index (χ3v) is 4.98. The van der Waals surface area contributed by atoms with Crippen LogP contribution in [0, 0.1) is 10.5 Å². The maximum Gasteiger partial charge on any atom is 0.168 e. The van der Waals surface area contributed by atoms with E-state index in [9.17, 15) is 0 Å². The lowest BCUT2D eigenvalue weighted by Crippen LogP contribution is -2.44. The number of aryl methyl sites for hydroxylation is 1. The zero-order valence-corrected chi connectivity index (χ0v) is 15.1. The maximum absolute atomic E-state index is 5.54. The minimum Gasteiger partial charge on any atom is -0.377 e. The highest BCUT2D eigenvalue weighted by Gasteiger charge is 2.23. The number of morpholine rings is 1. The minimum atomic E-state index is 0.314. The molecule has 1 aliphatic rings. The maximum atomic E-state index is 5.54. The molecule has 1 saturated heterocycles. The van der Waals surface area contributed by atoms with Crippen LogP contribution in [-0.4, -0.2) is 50.8 Å². The fraction of sp³-hybridized carbons (Fsp3) is 0.400. The number of ether oxygens (including phenoxy) is 1. The molecule has 1 N–H and O–H groups in total. The molecule has 3 aromatic rings. The number of pyridine rings is 1. The van der Waals surface area contributed by atoms with E-state index in [1.807, 2.05) is 17.7 Å². The molecular weight excluding hydrogens is 407 g/mol. The summed E-state index contributed by atoms with van der Waals surface area (Å²) in [7, 11) is 0. The number of nitrogens with zero attached hydrogens (tertiary/aromatic N) is 5. The Labute approximate surface area is 147 Å². The molecule has 1 aliphatic heterocycles. The van der Waals surface area contributed by atoms with Crippen molar-refractivity contribution in [2.75, 3.05) is 24.7 Å². The highest BCUT2D eigenvalue weighted by Crippen LogP contribution is 2.29. The zero-order valence-electron chi connectivity index (χ0n) is 13.0. The molecule has 0 unspecified atom stereocenters. The summed E-state index contributed by atoms with van der Waals surface area (Å²) in [5.74, 6) is 1.79. The van der Waals surface area contributed by atoms with Crippen LogP contribution in [0.3, 0.4) is 0 Å². The first-order valence-corrected chi connectivity index (χ1v) is 8.63. The zero-order chi connectivity index (χ0) is 16.0. The number of fused-ring (bicyclic) bond motifs is 1. The molecule has 0 amide bonds. The Kier molecular flexibility index (Phi) is 3.72. The van der Waals surface area contributed by atoms with Crippen LogP contribution in [-0.2, 0) is 4.74 Å². The Hall–Kier alpha value is -1.68. The molecule has 8 heteroatoms. The van der Waals surface area contributed by atoms with Gasteiger partial charge in [-0.25, -0.2) is 4.98 Å². The number of rotatable bonds is 2. The molecule has 4 rings (SSSR count). The van der Waals surface area contributed by atoms with Crippen LogP contribution in [0.4, 0.5) is 5.82 Å². The van der Waals surface area contributed by atoms with Crippen LogP contribution in [0.5, 0.6) is 0 Å². The molecular formula is C15H17IN6O. The Bertz CT molecular complexity index is 843. The number of anilines is 1. The van der Waals surface area contributed by atoms with E-state index >= 15 is 0 Å². The quantitative estimate of drug-likeness (QED) is 0.640. The summed E-state index contributed by atoms with van der Waals surface area (Å²) >= 11 is 2.37. The first-order chi connectivity index (χ1) is 11.1. The lowest BCUT2D eigenvalue weighted by molar-refractivity contribution is 0.0985. The normalized spacial score (nSPS) is 18.7. The number of aromatic amines is 1. The van der Waals surface area contributed by atoms with Crippen molar-refractivity contribution in [3.05, 3.63) is 27.6 Å². The molecule has 3 aromatic heterocycles. The predicted molar refractivity (Wildman–Crippen MR) is 96.1 cm³/mol. The van der Waals surface area contributed by atoms with Crippen LogP contribution in [0.15, 0.2) is 18.3 Å². The number of halogens is 1. The van der Waals surface area contributed by atoms with Crippen LogP contribution in [0.1, 0.15) is 12.6 Å². The van der Waals surface area contributed by atoms with Crippen molar-refractivity contribution >= 4 is 39.4 Å². The van der Waals surface area contributed by atoms with E-state index < -0.39 is 0 Å². The number of hydrogen-bond donors (Lipinski definition) is 1. The topological polar surface area (TPSA) is 71.9 Å². The Balaban J connectivity index is 1.90. The van der Waals surface area contributed by atoms with Crippen molar-refractivity contribution in [3.8, 4) is 5.82 Å². The van der Waals surface area contributed by atoms with Crippen LogP contribution < -0.4 is 4.90 Å². The third-order valence-electron chi connectivity index (χ3n) is 4.13. The average molecular weight is 424 g/mol. The van der Waals surface area contributed by atoms with Gasteiger partial charge < -0.3 is 9.64 Å². The highest BCUT2D eigenvalue weighted by atomic mass is 127. The van der Waals surface area contributed by atoms with E-state index in [4.69, 9.17) is 9.72 Å². The Morgan fingerprint density at radius 3 is 3.04 bits per heavy atom. The Morgan fingerprint density at radius 1 is 1.43 bits per heavy atom. The van der Waals surface area contributed by atoms with E-state index in [0.717, 1.165) is 51.7 Å². The van der Waals surface area contributed by atoms with E-state index in [-0.39, 0.29) is 0 Å². The van der Waals surface area contributed by atoms with Gasteiger partial charge in [-0.05, 0) is 42.5 Å².